The fourth-order valence-electron chi connectivity index (χ4n) is 10.4. The summed E-state index contributed by atoms with van der Waals surface area (Å²) < 4.78 is 19.7. The van der Waals surface area contributed by atoms with Gasteiger partial charge in [-0.2, -0.15) is 0 Å². The van der Waals surface area contributed by atoms with E-state index in [1.54, 1.807) is 142 Å². The number of nitrogens with one attached hydrogen (secondary N) is 4. The Morgan fingerprint density at radius 2 is 0.988 bits per heavy atom. The van der Waals surface area contributed by atoms with Gasteiger partial charge in [-0.1, -0.05) is 80.4 Å². The van der Waals surface area contributed by atoms with Crippen LogP contribution in [0, 0.1) is 0 Å². The number of likely N-dealkylation sites (N-methyl/N-ethyl adjacent to an activating group) is 2. The predicted molar refractivity (Wildman–Crippen MR) is 324 cm³/mol. The van der Waals surface area contributed by atoms with E-state index in [2.05, 4.69) is 53.1 Å². The Balaban J connectivity index is 0.906. The van der Waals surface area contributed by atoms with Gasteiger partial charge in [-0.15, -0.1) is 0 Å². The fourth-order valence-corrected chi connectivity index (χ4v) is 11.2. The summed E-state index contributed by atoms with van der Waals surface area (Å²) in [4.78, 5) is 92.3. The third kappa shape index (κ3) is 11.6. The number of anilines is 4. The molecule has 2 heterocycles. The minimum absolute atomic E-state index is 0.0491. The topological polar surface area (TPSA) is 191 Å². The maximum Gasteiger partial charge on any atom is 0.258 e. The van der Waals surface area contributed by atoms with E-state index < -0.39 is 53.6 Å². The molecule has 0 saturated heterocycles. The molecular weight excluding hydrogens is 1170 g/mol. The van der Waals surface area contributed by atoms with Crippen molar-refractivity contribution in [1.82, 2.24) is 21.3 Å². The molecule has 0 spiro atoms. The second-order valence-corrected chi connectivity index (χ2v) is 21.6. The Morgan fingerprint density at radius 1 is 0.561 bits per heavy atom. The zero-order valence-electron chi connectivity index (χ0n) is 45.5. The second kappa shape index (κ2) is 24.6. The Hall–Kier alpha value is -8.62. The molecule has 0 radical (unpaired) electrons. The highest BCUT2D eigenvalue weighted by molar-refractivity contribution is 9.10. The monoisotopic (exact) mass is 1230 g/mol. The zero-order valence-corrected chi connectivity index (χ0v) is 48.7. The SMILES string of the molecule is CNCC(=O)NC1CN(C(=O)c2ccc(Oc3ccc(C(=O)N4CC(NC(=O)[C@H](C)NC)C(=O)N(Cc5c(OC)ccc6cc(Br)ccc56)c5ccccc54)cc3)cc2)c2ccccc2N(Cc2c(OC)ccc3cc(Br)ccc23)C1=O. The molecular formula is C63H58Br2N8O9. The van der Waals surface area contributed by atoms with Crippen molar-refractivity contribution in [3.8, 4) is 23.0 Å². The van der Waals surface area contributed by atoms with Gasteiger partial charge >= 0.3 is 0 Å². The summed E-state index contributed by atoms with van der Waals surface area (Å²) in [6.45, 7) is 1.45. The molecule has 2 aliphatic rings. The Bertz CT molecular complexity index is 3790. The molecule has 418 valence electrons. The summed E-state index contributed by atoms with van der Waals surface area (Å²) in [5.74, 6) is -0.553. The number of methoxy groups -OCH3 is 2. The first kappa shape index (κ1) is 56.6. The third-order valence-corrected chi connectivity index (χ3v) is 15.7. The molecule has 4 N–H and O–H groups in total. The highest BCUT2D eigenvalue weighted by Gasteiger charge is 2.40. The zero-order chi connectivity index (χ0) is 57.8. The minimum Gasteiger partial charge on any atom is -0.496 e. The predicted octanol–water partition coefficient (Wildman–Crippen LogP) is 9.51. The Labute approximate surface area is 490 Å². The van der Waals surface area contributed by atoms with Crippen LogP contribution < -0.4 is 55.1 Å². The number of benzene rings is 8. The number of fused-ring (bicyclic) bond motifs is 4. The van der Waals surface area contributed by atoms with Crippen molar-refractivity contribution in [2.45, 2.75) is 38.1 Å². The van der Waals surface area contributed by atoms with E-state index in [9.17, 15) is 28.8 Å². The van der Waals surface area contributed by atoms with E-state index in [0.717, 1.165) is 41.6 Å². The molecule has 2 unspecified atom stereocenters. The summed E-state index contributed by atoms with van der Waals surface area (Å²) in [5.41, 5.74) is 3.95. The smallest absolute Gasteiger partial charge is 0.258 e. The van der Waals surface area contributed by atoms with Gasteiger partial charge < -0.3 is 55.1 Å². The van der Waals surface area contributed by atoms with E-state index >= 15 is 0 Å². The quantitative estimate of drug-likeness (QED) is 0.0721. The van der Waals surface area contributed by atoms with Crippen LogP contribution in [0.3, 0.4) is 0 Å². The van der Waals surface area contributed by atoms with Gasteiger partial charge in [0, 0.05) is 31.2 Å². The number of nitrogens with zero attached hydrogens (tertiary/aromatic N) is 4. The standard InChI is InChI=1S/C63H58Br2N8O9/c1-37(67-3)59(75)69-51-36-73(55-13-9-7-11-53(55)71(63(51)79)34-49-47-27-21-43(65)31-41(47)19-29-57(49)81-5)61(77)39-16-24-45(25-17-39)82-44-22-14-38(15-23-44)60(76)72-35-50(68-58(74)32-66-2)62(78)70(52-10-6-8-12-54(52)72)33-48-46-26-20-42(64)30-40(46)18-28-56(48)80-4/h6-31,37,50-51,66-67H,32-36H2,1-5H3,(H,68,74)(H,69,75)/t37-,50?,51?/m0/s1. The van der Waals surface area contributed by atoms with Crippen LogP contribution in [0.4, 0.5) is 22.7 Å². The van der Waals surface area contributed by atoms with Crippen LogP contribution in [-0.2, 0) is 32.3 Å². The van der Waals surface area contributed by atoms with Crippen molar-refractivity contribution in [1.29, 1.82) is 0 Å². The molecule has 2 aliphatic heterocycles. The van der Waals surface area contributed by atoms with Crippen LogP contribution in [-0.4, -0.2) is 102 Å². The molecule has 10 rings (SSSR count). The van der Waals surface area contributed by atoms with E-state index in [1.165, 1.54) is 9.80 Å². The highest BCUT2D eigenvalue weighted by atomic mass is 79.9. The lowest BCUT2D eigenvalue weighted by molar-refractivity contribution is -0.128. The molecule has 3 atom stereocenters. The van der Waals surface area contributed by atoms with Crippen molar-refractivity contribution >= 4 is 112 Å². The second-order valence-electron chi connectivity index (χ2n) is 19.8. The van der Waals surface area contributed by atoms with Gasteiger partial charge in [0.15, 0.2) is 0 Å². The van der Waals surface area contributed by atoms with Crippen molar-refractivity contribution in [2.75, 3.05) is 67.5 Å². The average Bonchev–Trinajstić information content (AvgIpc) is 3.95. The van der Waals surface area contributed by atoms with Gasteiger partial charge in [-0.3, -0.25) is 28.8 Å². The van der Waals surface area contributed by atoms with Crippen LogP contribution >= 0.6 is 31.9 Å². The lowest BCUT2D eigenvalue weighted by Gasteiger charge is -2.27. The van der Waals surface area contributed by atoms with E-state index in [4.69, 9.17) is 14.2 Å². The molecule has 17 nitrogen and oxygen atoms in total. The van der Waals surface area contributed by atoms with E-state index in [-0.39, 0.29) is 32.7 Å². The lowest BCUT2D eigenvalue weighted by Crippen LogP contribution is -2.55. The van der Waals surface area contributed by atoms with Gasteiger partial charge in [-0.25, -0.2) is 0 Å². The van der Waals surface area contributed by atoms with Crippen LogP contribution in [0.5, 0.6) is 23.0 Å². The van der Waals surface area contributed by atoms with Gasteiger partial charge in [-0.05, 0) is 152 Å². The third-order valence-electron chi connectivity index (χ3n) is 14.7. The van der Waals surface area contributed by atoms with Crippen LogP contribution in [0.25, 0.3) is 21.5 Å². The highest BCUT2D eigenvalue weighted by Crippen LogP contribution is 2.41. The number of hydrogen-bond acceptors (Lipinski definition) is 11. The number of halogens is 2. The summed E-state index contributed by atoms with van der Waals surface area (Å²) in [6, 6.07) is 43.9. The molecule has 0 aromatic heterocycles. The molecule has 8 aromatic carbocycles. The van der Waals surface area contributed by atoms with Crippen LogP contribution in [0.15, 0.2) is 167 Å². The van der Waals surface area contributed by atoms with Crippen molar-refractivity contribution in [2.24, 2.45) is 0 Å². The van der Waals surface area contributed by atoms with Crippen molar-refractivity contribution < 1.29 is 43.0 Å². The summed E-state index contributed by atoms with van der Waals surface area (Å²) >= 11 is 7.14. The molecule has 0 aliphatic carbocycles. The molecule has 0 saturated carbocycles. The van der Waals surface area contributed by atoms with Gasteiger partial charge in [0.1, 0.15) is 35.1 Å². The van der Waals surface area contributed by atoms with E-state index in [1.807, 2.05) is 60.7 Å². The lowest BCUT2D eigenvalue weighted by atomic mass is 10.0. The normalized spacial score (nSPS) is 15.5. The minimum atomic E-state index is -1.14. The summed E-state index contributed by atoms with van der Waals surface area (Å²) in [7, 11) is 6.44. The maximum absolute atomic E-state index is 14.9. The maximum atomic E-state index is 14.9. The Morgan fingerprint density at radius 3 is 1.40 bits per heavy atom. The van der Waals surface area contributed by atoms with Crippen LogP contribution in [0.1, 0.15) is 38.8 Å². The number of ether oxygens (including phenoxy) is 3. The van der Waals surface area contributed by atoms with Gasteiger partial charge in [0.25, 0.3) is 23.6 Å². The van der Waals surface area contributed by atoms with Gasteiger partial charge in [0.2, 0.25) is 11.8 Å². The number of amides is 6. The molecule has 0 fully saturated rings. The Kier molecular flexibility index (Phi) is 17.0. The summed E-state index contributed by atoms with van der Waals surface area (Å²) in [5, 5.41) is 15.2. The summed E-state index contributed by atoms with van der Waals surface area (Å²) in [6.07, 6.45) is 0. The van der Waals surface area contributed by atoms with Crippen molar-refractivity contribution in [3.63, 3.8) is 0 Å². The number of carbonyl (C=O) groups is 6. The van der Waals surface area contributed by atoms with Crippen LogP contribution in [0.2, 0.25) is 0 Å². The first-order valence-electron chi connectivity index (χ1n) is 26.4. The van der Waals surface area contributed by atoms with E-state index in [0.29, 0.717) is 56.9 Å². The van der Waals surface area contributed by atoms with Crippen molar-refractivity contribution in [3.05, 3.63) is 189 Å². The first-order valence-corrected chi connectivity index (χ1v) is 28.0. The molecule has 6 amide bonds. The number of hydrogen-bond donors (Lipinski definition) is 4. The molecule has 8 aromatic rings. The number of rotatable bonds is 16. The molecule has 19 heteroatoms. The largest absolute Gasteiger partial charge is 0.496 e. The first-order chi connectivity index (χ1) is 39.7. The van der Waals surface area contributed by atoms with Gasteiger partial charge in [0.05, 0.1) is 75.7 Å². The average molecular weight is 1230 g/mol. The molecule has 82 heavy (non-hydrogen) atoms. The number of para-hydroxylation sites is 4. The molecule has 0 bridgehead atoms. The number of carbonyl (C=O) groups excluding carboxylic acids is 6. The fraction of sp³-hybridized carbons (Fsp3) is 0.206.